The van der Waals surface area contributed by atoms with Crippen molar-refractivity contribution in [1.82, 2.24) is 10.2 Å². The predicted octanol–water partition coefficient (Wildman–Crippen LogP) is 3.28. The van der Waals surface area contributed by atoms with Crippen LogP contribution >= 0.6 is 0 Å². The highest BCUT2D eigenvalue weighted by atomic mass is 19.1. The summed E-state index contributed by atoms with van der Waals surface area (Å²) in [4.78, 5) is 40.7. The summed E-state index contributed by atoms with van der Waals surface area (Å²) >= 11 is 0. The molecule has 35 heavy (non-hydrogen) atoms. The summed E-state index contributed by atoms with van der Waals surface area (Å²) in [7, 11) is 0. The number of carbonyl (C=O) groups excluding carboxylic acids is 3. The van der Waals surface area contributed by atoms with Gasteiger partial charge < -0.3 is 20.3 Å². The van der Waals surface area contributed by atoms with Crippen molar-refractivity contribution in [2.45, 2.75) is 56.7 Å². The minimum Gasteiger partial charge on any atom is -0.444 e. The number of hydrogen-bond donors (Lipinski definition) is 2. The normalized spacial score (nSPS) is 21.7. The molecule has 0 aliphatic carbocycles. The molecular formula is C26H27FN4O4. The van der Waals surface area contributed by atoms with E-state index in [1.807, 2.05) is 12.1 Å². The molecule has 1 spiro atoms. The minimum atomic E-state index is -1.13. The summed E-state index contributed by atoms with van der Waals surface area (Å²) in [6, 6.07) is 13.1. The molecule has 2 aliphatic rings. The van der Waals surface area contributed by atoms with E-state index in [0.717, 1.165) is 5.56 Å². The number of amides is 3. The van der Waals surface area contributed by atoms with Gasteiger partial charge in [0.25, 0.3) is 0 Å². The number of anilines is 1. The third-order valence-electron chi connectivity index (χ3n) is 6.23. The number of nitriles is 1. The van der Waals surface area contributed by atoms with E-state index in [1.165, 1.54) is 23.1 Å². The summed E-state index contributed by atoms with van der Waals surface area (Å²) in [6.45, 7) is 5.08. The van der Waals surface area contributed by atoms with Crippen LogP contribution in [0.5, 0.6) is 0 Å². The molecule has 1 unspecified atom stereocenters. The number of para-hydroxylation sites is 1. The van der Waals surface area contributed by atoms with Crippen molar-refractivity contribution in [1.29, 1.82) is 5.26 Å². The van der Waals surface area contributed by atoms with Gasteiger partial charge in [-0.15, -0.1) is 0 Å². The molecule has 2 aromatic carbocycles. The quantitative estimate of drug-likeness (QED) is 0.701. The van der Waals surface area contributed by atoms with Gasteiger partial charge in [-0.05, 0) is 50.1 Å². The van der Waals surface area contributed by atoms with E-state index in [0.29, 0.717) is 11.3 Å². The largest absolute Gasteiger partial charge is 0.444 e. The third-order valence-corrected chi connectivity index (χ3v) is 6.23. The number of likely N-dealkylation sites (tertiary alicyclic amines) is 1. The van der Waals surface area contributed by atoms with Crippen LogP contribution in [-0.4, -0.2) is 47.0 Å². The van der Waals surface area contributed by atoms with Gasteiger partial charge >= 0.3 is 6.09 Å². The second-order valence-corrected chi connectivity index (χ2v) is 9.93. The van der Waals surface area contributed by atoms with Gasteiger partial charge in [-0.25, -0.2) is 9.18 Å². The Morgan fingerprint density at radius 1 is 1.29 bits per heavy atom. The minimum absolute atomic E-state index is 0.0114. The summed E-state index contributed by atoms with van der Waals surface area (Å²) in [5.74, 6) is -1.28. The molecule has 8 nitrogen and oxygen atoms in total. The molecule has 2 N–H and O–H groups in total. The smallest absolute Gasteiger partial charge is 0.408 e. The van der Waals surface area contributed by atoms with Crippen LogP contribution in [-0.2, 0) is 26.2 Å². The van der Waals surface area contributed by atoms with Gasteiger partial charge in [-0.2, -0.15) is 5.26 Å². The Hall–Kier alpha value is -3.93. The lowest BCUT2D eigenvalue weighted by Crippen LogP contribution is -2.52. The first-order chi connectivity index (χ1) is 16.5. The van der Waals surface area contributed by atoms with Gasteiger partial charge in [0.1, 0.15) is 23.5 Å². The summed E-state index contributed by atoms with van der Waals surface area (Å²) in [5.41, 5.74) is 0.0385. The van der Waals surface area contributed by atoms with Crippen molar-refractivity contribution in [2.24, 2.45) is 0 Å². The van der Waals surface area contributed by atoms with E-state index in [9.17, 15) is 24.0 Å². The molecule has 0 radical (unpaired) electrons. The number of nitrogens with zero attached hydrogens (tertiary/aromatic N) is 2. The van der Waals surface area contributed by atoms with Gasteiger partial charge in [0, 0.05) is 25.1 Å². The molecule has 2 aliphatic heterocycles. The Labute approximate surface area is 203 Å². The second kappa shape index (κ2) is 9.02. The number of halogens is 1. The summed E-state index contributed by atoms with van der Waals surface area (Å²) in [6.07, 6.45) is -0.684. The van der Waals surface area contributed by atoms with E-state index in [-0.39, 0.29) is 25.3 Å². The molecule has 0 saturated carbocycles. The Balaban J connectivity index is 1.64. The van der Waals surface area contributed by atoms with Gasteiger partial charge in [-0.1, -0.05) is 30.3 Å². The van der Waals surface area contributed by atoms with E-state index in [1.54, 1.807) is 39.0 Å². The molecule has 9 heteroatoms. The number of carbonyl (C=O) groups is 3. The highest BCUT2D eigenvalue weighted by Gasteiger charge is 2.56. The Morgan fingerprint density at radius 3 is 2.71 bits per heavy atom. The van der Waals surface area contributed by atoms with Crippen molar-refractivity contribution >= 4 is 23.6 Å². The Bertz CT molecular complexity index is 1220. The highest BCUT2D eigenvalue weighted by Crippen LogP contribution is 2.46. The molecule has 1 fully saturated rings. The van der Waals surface area contributed by atoms with Crippen molar-refractivity contribution in [3.8, 4) is 6.07 Å². The molecule has 2 heterocycles. The van der Waals surface area contributed by atoms with E-state index < -0.39 is 40.9 Å². The first kappa shape index (κ1) is 24.2. The maximum Gasteiger partial charge on any atom is 0.408 e. The number of ether oxygens (including phenoxy) is 1. The molecular weight excluding hydrogens is 451 g/mol. The fourth-order valence-electron chi connectivity index (χ4n) is 4.74. The number of alkyl carbamates (subject to hydrolysis) is 1. The van der Waals surface area contributed by atoms with Crippen LogP contribution in [0, 0.1) is 17.1 Å². The molecule has 4 rings (SSSR count). The first-order valence-electron chi connectivity index (χ1n) is 11.4. The molecule has 182 valence electrons. The Kier molecular flexibility index (Phi) is 6.24. The Morgan fingerprint density at radius 2 is 2.03 bits per heavy atom. The number of rotatable bonds is 4. The van der Waals surface area contributed by atoms with Crippen LogP contribution in [0.2, 0.25) is 0 Å². The predicted molar refractivity (Wildman–Crippen MR) is 126 cm³/mol. The monoisotopic (exact) mass is 478 g/mol. The van der Waals surface area contributed by atoms with Crippen LogP contribution < -0.4 is 10.6 Å². The first-order valence-corrected chi connectivity index (χ1v) is 11.4. The second-order valence-electron chi connectivity index (χ2n) is 9.93. The number of fused-ring (bicyclic) bond motifs is 2. The highest BCUT2D eigenvalue weighted by molar-refractivity contribution is 6.07. The number of nitrogens with one attached hydrogen (secondary N) is 2. The molecule has 3 atom stereocenters. The topological polar surface area (TPSA) is 112 Å². The molecule has 0 aromatic heterocycles. The fourth-order valence-corrected chi connectivity index (χ4v) is 4.74. The maximum absolute atomic E-state index is 13.8. The van der Waals surface area contributed by atoms with Crippen LogP contribution in [0.15, 0.2) is 48.5 Å². The average molecular weight is 479 g/mol. The zero-order chi connectivity index (χ0) is 25.4. The molecule has 2 aromatic rings. The lowest BCUT2D eigenvalue weighted by Gasteiger charge is -2.28. The van der Waals surface area contributed by atoms with Gasteiger partial charge in [0.2, 0.25) is 11.8 Å². The van der Waals surface area contributed by atoms with Crippen LogP contribution in [0.25, 0.3) is 0 Å². The van der Waals surface area contributed by atoms with Gasteiger partial charge in [0.15, 0.2) is 0 Å². The zero-order valence-corrected chi connectivity index (χ0v) is 19.8. The standard InChI is InChI=1S/C26H27FN4O4/c1-25(2,3)35-24(34)30-21(12-16-7-6-8-17(27)11-16)22(32)31-15-26(13-18(31)14-28)19-9-4-5-10-20(19)29-23(26)33/h4-11,18,21H,12-13,15H2,1-3H3,(H,29,33)(H,30,34)/t18-,21?,26-/m0/s1. The van der Waals surface area contributed by atoms with Crippen molar-refractivity contribution in [3.05, 3.63) is 65.5 Å². The van der Waals surface area contributed by atoms with Gasteiger partial charge in [-0.3, -0.25) is 9.59 Å². The zero-order valence-electron chi connectivity index (χ0n) is 19.8. The lowest BCUT2D eigenvalue weighted by molar-refractivity contribution is -0.133. The molecule has 1 saturated heterocycles. The molecule has 3 amide bonds. The van der Waals surface area contributed by atoms with Crippen molar-refractivity contribution in [3.63, 3.8) is 0 Å². The third kappa shape index (κ3) is 4.83. The fraction of sp³-hybridized carbons (Fsp3) is 0.385. The summed E-state index contributed by atoms with van der Waals surface area (Å²) < 4.78 is 19.1. The van der Waals surface area contributed by atoms with Crippen LogP contribution in [0.4, 0.5) is 14.9 Å². The van der Waals surface area contributed by atoms with Crippen LogP contribution in [0.1, 0.15) is 38.3 Å². The molecule has 0 bridgehead atoms. The maximum atomic E-state index is 13.8. The number of benzene rings is 2. The average Bonchev–Trinajstić information content (AvgIpc) is 3.30. The van der Waals surface area contributed by atoms with E-state index in [4.69, 9.17) is 4.74 Å². The van der Waals surface area contributed by atoms with Crippen LogP contribution in [0.3, 0.4) is 0 Å². The van der Waals surface area contributed by atoms with Crippen molar-refractivity contribution in [2.75, 3.05) is 11.9 Å². The van der Waals surface area contributed by atoms with E-state index >= 15 is 0 Å². The lowest BCUT2D eigenvalue weighted by atomic mass is 9.80. The van der Waals surface area contributed by atoms with E-state index in [2.05, 4.69) is 16.7 Å². The SMILES string of the molecule is CC(C)(C)OC(=O)NC(Cc1cccc(F)c1)C(=O)N1C[C@]2(C[C@H]1C#N)C(=O)Nc1ccccc12. The summed E-state index contributed by atoms with van der Waals surface area (Å²) in [5, 5.41) is 15.3. The number of hydrogen-bond acceptors (Lipinski definition) is 5. The van der Waals surface area contributed by atoms with Gasteiger partial charge in [0.05, 0.1) is 11.5 Å². The van der Waals surface area contributed by atoms with Crippen molar-refractivity contribution < 1.29 is 23.5 Å².